The standard InChI is InChI=1S/C17H26N2O2/c1-3-13(2)12-16(20)19-14-7-9-15(10-8-14)21-17-6-4-5-11-18-17/h4-6,11,13-15H,3,7-10,12H2,1-2H3,(H,19,20). The minimum Gasteiger partial charge on any atom is -0.474 e. The first-order valence-electron chi connectivity index (χ1n) is 8.04. The molecule has 0 aromatic carbocycles. The number of carbonyl (C=O) groups excluding carboxylic acids is 1. The smallest absolute Gasteiger partial charge is 0.220 e. The maximum absolute atomic E-state index is 11.9. The molecule has 0 bridgehead atoms. The van der Waals surface area contributed by atoms with E-state index in [-0.39, 0.29) is 12.0 Å². The van der Waals surface area contributed by atoms with Crippen LogP contribution in [0, 0.1) is 5.92 Å². The predicted octanol–water partition coefficient (Wildman–Crippen LogP) is 3.32. The lowest BCUT2D eigenvalue weighted by molar-refractivity contribution is -0.123. The molecule has 116 valence electrons. The Bertz CT molecular complexity index is 428. The third-order valence-corrected chi connectivity index (χ3v) is 4.20. The van der Waals surface area contributed by atoms with Crippen LogP contribution in [0.5, 0.6) is 5.88 Å². The van der Waals surface area contributed by atoms with Crippen LogP contribution in [0.25, 0.3) is 0 Å². The molecule has 1 aromatic heterocycles. The number of pyridine rings is 1. The highest BCUT2D eigenvalue weighted by molar-refractivity contribution is 5.76. The van der Waals surface area contributed by atoms with E-state index >= 15 is 0 Å². The van der Waals surface area contributed by atoms with Gasteiger partial charge in [-0.2, -0.15) is 0 Å². The lowest BCUT2D eigenvalue weighted by Gasteiger charge is -2.29. The zero-order valence-corrected chi connectivity index (χ0v) is 13.0. The molecule has 2 rings (SSSR count). The Balaban J connectivity index is 1.69. The Kier molecular flexibility index (Phi) is 6.03. The Morgan fingerprint density at radius 1 is 1.38 bits per heavy atom. The van der Waals surface area contributed by atoms with Crippen LogP contribution in [0.3, 0.4) is 0 Å². The molecule has 1 heterocycles. The number of nitrogens with one attached hydrogen (secondary N) is 1. The van der Waals surface area contributed by atoms with Crippen molar-refractivity contribution in [2.75, 3.05) is 0 Å². The van der Waals surface area contributed by atoms with Crippen LogP contribution in [0.4, 0.5) is 0 Å². The molecule has 1 aromatic rings. The van der Waals surface area contributed by atoms with Crippen molar-refractivity contribution in [3.63, 3.8) is 0 Å². The first-order valence-corrected chi connectivity index (χ1v) is 8.04. The van der Waals surface area contributed by atoms with Crippen LogP contribution in [0.1, 0.15) is 52.4 Å². The summed E-state index contributed by atoms with van der Waals surface area (Å²) in [4.78, 5) is 16.1. The van der Waals surface area contributed by atoms with Crippen LogP contribution in [0.2, 0.25) is 0 Å². The van der Waals surface area contributed by atoms with Crippen molar-refractivity contribution in [3.05, 3.63) is 24.4 Å². The number of nitrogens with zero attached hydrogens (tertiary/aromatic N) is 1. The fraction of sp³-hybridized carbons (Fsp3) is 0.647. The van der Waals surface area contributed by atoms with Gasteiger partial charge in [-0.05, 0) is 37.7 Å². The molecular formula is C17H26N2O2. The Morgan fingerprint density at radius 3 is 2.76 bits per heavy atom. The summed E-state index contributed by atoms with van der Waals surface area (Å²) in [7, 11) is 0. The molecule has 1 amide bonds. The third kappa shape index (κ3) is 5.37. The van der Waals surface area contributed by atoms with E-state index in [0.717, 1.165) is 32.1 Å². The number of hydrogen-bond donors (Lipinski definition) is 1. The second kappa shape index (κ2) is 8.01. The number of amides is 1. The summed E-state index contributed by atoms with van der Waals surface area (Å²) >= 11 is 0. The van der Waals surface area contributed by atoms with Crippen molar-refractivity contribution in [2.24, 2.45) is 5.92 Å². The summed E-state index contributed by atoms with van der Waals surface area (Å²) in [6.07, 6.45) is 7.60. The molecule has 1 fully saturated rings. The Hall–Kier alpha value is -1.58. The predicted molar refractivity (Wildman–Crippen MR) is 83.1 cm³/mol. The average Bonchev–Trinajstić information content (AvgIpc) is 2.50. The van der Waals surface area contributed by atoms with E-state index in [1.165, 1.54) is 0 Å². The summed E-state index contributed by atoms with van der Waals surface area (Å²) in [5, 5.41) is 3.16. The number of hydrogen-bond acceptors (Lipinski definition) is 3. The van der Waals surface area contributed by atoms with Crippen LogP contribution in [0.15, 0.2) is 24.4 Å². The van der Waals surface area contributed by atoms with Crippen LogP contribution >= 0.6 is 0 Å². The molecular weight excluding hydrogens is 264 g/mol. The number of carbonyl (C=O) groups is 1. The van der Waals surface area contributed by atoms with Crippen molar-refractivity contribution in [3.8, 4) is 5.88 Å². The van der Waals surface area contributed by atoms with Gasteiger partial charge < -0.3 is 10.1 Å². The zero-order valence-electron chi connectivity index (χ0n) is 13.0. The van der Waals surface area contributed by atoms with Gasteiger partial charge in [0.25, 0.3) is 0 Å². The quantitative estimate of drug-likeness (QED) is 0.874. The molecule has 1 unspecified atom stereocenters. The van der Waals surface area contributed by atoms with Gasteiger partial charge in [0.05, 0.1) is 0 Å². The summed E-state index contributed by atoms with van der Waals surface area (Å²) < 4.78 is 5.87. The third-order valence-electron chi connectivity index (χ3n) is 4.20. The van der Waals surface area contributed by atoms with Crippen molar-refractivity contribution < 1.29 is 9.53 Å². The van der Waals surface area contributed by atoms with Crippen molar-refractivity contribution in [1.29, 1.82) is 0 Å². The van der Waals surface area contributed by atoms with Crippen LogP contribution in [-0.2, 0) is 4.79 Å². The summed E-state index contributed by atoms with van der Waals surface area (Å²) in [6, 6.07) is 6.02. The van der Waals surface area contributed by atoms with E-state index in [9.17, 15) is 4.79 Å². The number of aromatic nitrogens is 1. The van der Waals surface area contributed by atoms with Crippen molar-refractivity contribution in [2.45, 2.75) is 64.5 Å². The van der Waals surface area contributed by atoms with Gasteiger partial charge in [0.2, 0.25) is 11.8 Å². The van der Waals surface area contributed by atoms with E-state index in [2.05, 4.69) is 24.1 Å². The SMILES string of the molecule is CCC(C)CC(=O)NC1CCC(Oc2ccccn2)CC1. The lowest BCUT2D eigenvalue weighted by atomic mass is 9.92. The van der Waals surface area contributed by atoms with E-state index in [4.69, 9.17) is 4.74 Å². The van der Waals surface area contributed by atoms with Gasteiger partial charge in [-0.1, -0.05) is 26.3 Å². The molecule has 1 atom stereocenters. The monoisotopic (exact) mass is 290 g/mol. The maximum Gasteiger partial charge on any atom is 0.220 e. The highest BCUT2D eigenvalue weighted by Gasteiger charge is 2.24. The average molecular weight is 290 g/mol. The topological polar surface area (TPSA) is 51.2 Å². The molecule has 4 heteroatoms. The second-order valence-electron chi connectivity index (χ2n) is 6.04. The van der Waals surface area contributed by atoms with E-state index in [1.54, 1.807) is 6.20 Å². The molecule has 0 saturated heterocycles. The minimum absolute atomic E-state index is 0.193. The van der Waals surface area contributed by atoms with Gasteiger partial charge in [0.1, 0.15) is 6.10 Å². The van der Waals surface area contributed by atoms with Gasteiger partial charge in [0, 0.05) is 24.7 Å². The maximum atomic E-state index is 11.9. The molecule has 4 nitrogen and oxygen atoms in total. The molecule has 1 saturated carbocycles. The Labute approximate surface area is 127 Å². The molecule has 0 aliphatic heterocycles. The Morgan fingerprint density at radius 2 is 2.14 bits per heavy atom. The van der Waals surface area contributed by atoms with Crippen LogP contribution in [-0.4, -0.2) is 23.0 Å². The fourth-order valence-corrected chi connectivity index (χ4v) is 2.66. The van der Waals surface area contributed by atoms with E-state index in [1.807, 2.05) is 18.2 Å². The summed E-state index contributed by atoms with van der Waals surface area (Å²) in [6.45, 7) is 4.25. The molecule has 1 aliphatic rings. The van der Waals surface area contributed by atoms with Gasteiger partial charge in [-0.3, -0.25) is 4.79 Å². The van der Waals surface area contributed by atoms with Crippen LogP contribution < -0.4 is 10.1 Å². The molecule has 1 aliphatic carbocycles. The zero-order chi connectivity index (χ0) is 15.1. The molecule has 21 heavy (non-hydrogen) atoms. The highest BCUT2D eigenvalue weighted by Crippen LogP contribution is 2.23. The van der Waals surface area contributed by atoms with E-state index in [0.29, 0.717) is 24.3 Å². The summed E-state index contributed by atoms with van der Waals surface area (Å²) in [5.41, 5.74) is 0. The van der Waals surface area contributed by atoms with Gasteiger partial charge >= 0.3 is 0 Å². The van der Waals surface area contributed by atoms with E-state index < -0.39 is 0 Å². The van der Waals surface area contributed by atoms with Crippen molar-refractivity contribution >= 4 is 5.91 Å². The van der Waals surface area contributed by atoms with Gasteiger partial charge in [-0.25, -0.2) is 4.98 Å². The molecule has 1 N–H and O–H groups in total. The second-order valence-corrected chi connectivity index (χ2v) is 6.04. The first kappa shape index (κ1) is 15.8. The number of rotatable bonds is 6. The lowest BCUT2D eigenvalue weighted by Crippen LogP contribution is -2.40. The van der Waals surface area contributed by atoms with Crippen molar-refractivity contribution in [1.82, 2.24) is 10.3 Å². The molecule has 0 radical (unpaired) electrons. The molecule has 0 spiro atoms. The van der Waals surface area contributed by atoms with Gasteiger partial charge in [0.15, 0.2) is 0 Å². The summed E-state index contributed by atoms with van der Waals surface area (Å²) in [5.74, 6) is 1.36. The first-order chi connectivity index (χ1) is 10.2. The highest BCUT2D eigenvalue weighted by atomic mass is 16.5. The largest absolute Gasteiger partial charge is 0.474 e. The number of ether oxygens (including phenoxy) is 1. The fourth-order valence-electron chi connectivity index (χ4n) is 2.66. The van der Waals surface area contributed by atoms with Gasteiger partial charge in [-0.15, -0.1) is 0 Å². The normalized spacial score (nSPS) is 23.3. The minimum atomic E-state index is 0.193.